The second-order valence-corrected chi connectivity index (χ2v) is 8.81. The predicted molar refractivity (Wildman–Crippen MR) is 121 cm³/mol. The van der Waals surface area contributed by atoms with Gasteiger partial charge in [-0.15, -0.1) is 0 Å². The van der Waals surface area contributed by atoms with Gasteiger partial charge in [-0.25, -0.2) is 0 Å². The van der Waals surface area contributed by atoms with Gasteiger partial charge in [-0.05, 0) is 37.8 Å². The number of fused-ring (bicyclic) bond motifs is 1. The van der Waals surface area contributed by atoms with E-state index < -0.39 is 5.91 Å². The number of anilines is 2. The number of hydrogen-bond acceptors (Lipinski definition) is 4. The van der Waals surface area contributed by atoms with Crippen LogP contribution < -0.4 is 17.2 Å². The zero-order valence-corrected chi connectivity index (χ0v) is 17.5. The van der Waals surface area contributed by atoms with E-state index >= 15 is 0 Å². The third-order valence-electron chi connectivity index (χ3n) is 6.95. The Morgan fingerprint density at radius 2 is 1.13 bits per heavy atom. The molecule has 0 spiro atoms. The lowest BCUT2D eigenvalue weighted by Crippen LogP contribution is -2.49. The van der Waals surface area contributed by atoms with Crippen LogP contribution in [0.4, 0.5) is 11.4 Å². The first-order chi connectivity index (χ1) is 14.5. The summed E-state index contributed by atoms with van der Waals surface area (Å²) in [6.45, 7) is 0. The molecule has 0 radical (unpaired) electrons. The fourth-order valence-corrected chi connectivity index (χ4v) is 5.34. The molecule has 2 fully saturated rings. The number of primary amides is 1. The van der Waals surface area contributed by atoms with Crippen LogP contribution in [0.1, 0.15) is 84.9 Å². The van der Waals surface area contributed by atoms with Crippen LogP contribution in [-0.4, -0.2) is 28.8 Å². The molecule has 2 aliphatic rings. The van der Waals surface area contributed by atoms with Crippen molar-refractivity contribution in [3.05, 3.63) is 35.4 Å². The van der Waals surface area contributed by atoms with Crippen LogP contribution in [-0.2, 0) is 0 Å². The molecule has 0 heterocycles. The van der Waals surface area contributed by atoms with Crippen LogP contribution in [0.15, 0.2) is 24.3 Å². The highest BCUT2D eigenvalue weighted by atomic mass is 16.2. The highest BCUT2D eigenvalue weighted by Crippen LogP contribution is 2.35. The number of carbonyl (C=O) groups excluding carboxylic acids is 2. The maximum atomic E-state index is 13.8. The van der Waals surface area contributed by atoms with Gasteiger partial charge in [0.2, 0.25) is 0 Å². The van der Waals surface area contributed by atoms with E-state index in [2.05, 4.69) is 4.90 Å². The minimum absolute atomic E-state index is 0.0331. The maximum Gasteiger partial charge on any atom is 0.256 e. The third kappa shape index (κ3) is 3.71. The number of nitrogens with two attached hydrogens (primary N) is 3. The highest BCUT2D eigenvalue weighted by Gasteiger charge is 2.34. The molecule has 0 aliphatic heterocycles. The maximum absolute atomic E-state index is 13.8. The van der Waals surface area contributed by atoms with E-state index in [1.807, 2.05) is 0 Å². The molecule has 2 aromatic rings. The first-order valence-corrected chi connectivity index (χ1v) is 11.2. The van der Waals surface area contributed by atoms with E-state index in [9.17, 15) is 9.59 Å². The van der Waals surface area contributed by atoms with Gasteiger partial charge in [-0.3, -0.25) is 9.59 Å². The molecule has 6 N–H and O–H groups in total. The van der Waals surface area contributed by atoms with Crippen LogP contribution in [0.25, 0.3) is 10.8 Å². The van der Waals surface area contributed by atoms with Crippen LogP contribution in [0, 0.1) is 0 Å². The molecule has 2 saturated carbocycles. The summed E-state index contributed by atoms with van der Waals surface area (Å²) in [5.41, 5.74) is 19.6. The van der Waals surface area contributed by atoms with Gasteiger partial charge < -0.3 is 22.1 Å². The van der Waals surface area contributed by atoms with Gasteiger partial charge in [0.05, 0.1) is 22.5 Å². The third-order valence-corrected chi connectivity index (χ3v) is 6.95. The Morgan fingerprint density at radius 3 is 1.60 bits per heavy atom. The average molecular weight is 409 g/mol. The molecule has 160 valence electrons. The summed E-state index contributed by atoms with van der Waals surface area (Å²) in [4.78, 5) is 27.6. The van der Waals surface area contributed by atoms with Gasteiger partial charge in [0.15, 0.2) is 0 Å². The quantitative estimate of drug-likeness (QED) is 0.657. The Bertz CT molecular complexity index is 941. The van der Waals surface area contributed by atoms with E-state index in [-0.39, 0.29) is 11.5 Å². The Hall–Kier alpha value is -2.76. The minimum atomic E-state index is -0.575. The van der Waals surface area contributed by atoms with Gasteiger partial charge in [-0.1, -0.05) is 50.7 Å². The first-order valence-electron chi connectivity index (χ1n) is 11.2. The van der Waals surface area contributed by atoms with Gasteiger partial charge in [0, 0.05) is 22.9 Å². The van der Waals surface area contributed by atoms with Gasteiger partial charge in [-0.2, -0.15) is 0 Å². The van der Waals surface area contributed by atoms with Gasteiger partial charge >= 0.3 is 0 Å². The molecule has 6 nitrogen and oxygen atoms in total. The summed E-state index contributed by atoms with van der Waals surface area (Å²) in [6, 6.07) is 7.48. The molecule has 0 bridgehead atoms. The van der Waals surface area contributed by atoms with Crippen molar-refractivity contribution in [2.75, 3.05) is 11.5 Å². The van der Waals surface area contributed by atoms with Crippen LogP contribution in [0.3, 0.4) is 0 Å². The largest absolute Gasteiger partial charge is 0.398 e. The number of nitrogens with zero attached hydrogens (tertiary/aromatic N) is 1. The Labute approximate surface area is 177 Å². The van der Waals surface area contributed by atoms with Crippen LogP contribution >= 0.6 is 0 Å². The molecule has 30 heavy (non-hydrogen) atoms. The Kier molecular flexibility index (Phi) is 5.84. The van der Waals surface area contributed by atoms with Gasteiger partial charge in [0.25, 0.3) is 11.8 Å². The molecule has 0 aromatic heterocycles. The molecule has 0 atom stereocenters. The Morgan fingerprint density at radius 1 is 0.700 bits per heavy atom. The summed E-state index contributed by atoms with van der Waals surface area (Å²) >= 11 is 0. The number of hydrogen-bond donors (Lipinski definition) is 3. The highest BCUT2D eigenvalue weighted by molar-refractivity contribution is 6.13. The normalized spacial score (nSPS) is 18.4. The molecule has 2 amide bonds. The Balaban J connectivity index is 1.74. The van der Waals surface area contributed by atoms with Crippen molar-refractivity contribution in [2.45, 2.75) is 76.3 Å². The number of amides is 2. The van der Waals surface area contributed by atoms with E-state index in [1.54, 1.807) is 24.3 Å². The lowest BCUT2D eigenvalue weighted by molar-refractivity contribution is 0.0449. The number of benzene rings is 2. The second-order valence-electron chi connectivity index (χ2n) is 8.81. The van der Waals surface area contributed by atoms with Crippen molar-refractivity contribution < 1.29 is 9.59 Å². The lowest BCUT2D eigenvalue weighted by atomic mass is 9.87. The molecule has 4 rings (SSSR count). The van der Waals surface area contributed by atoms with E-state index in [4.69, 9.17) is 17.2 Å². The minimum Gasteiger partial charge on any atom is -0.398 e. The number of nitrogen functional groups attached to an aromatic ring is 2. The fraction of sp³-hybridized carbons (Fsp3) is 0.500. The van der Waals surface area contributed by atoms with Crippen LogP contribution in [0.5, 0.6) is 0 Å². The van der Waals surface area contributed by atoms with Crippen molar-refractivity contribution in [3.63, 3.8) is 0 Å². The monoisotopic (exact) mass is 408 g/mol. The van der Waals surface area contributed by atoms with Crippen molar-refractivity contribution in [1.82, 2.24) is 4.90 Å². The average Bonchev–Trinajstić information content (AvgIpc) is 2.76. The summed E-state index contributed by atoms with van der Waals surface area (Å²) in [5.74, 6) is -0.542. The smallest absolute Gasteiger partial charge is 0.256 e. The first kappa shape index (κ1) is 20.5. The van der Waals surface area contributed by atoms with Crippen LogP contribution in [0.2, 0.25) is 0 Å². The fourth-order valence-electron chi connectivity index (χ4n) is 5.34. The lowest BCUT2D eigenvalue weighted by Gasteiger charge is -2.42. The molecule has 0 unspecified atom stereocenters. The molecule has 0 saturated heterocycles. The van der Waals surface area contributed by atoms with Gasteiger partial charge in [0.1, 0.15) is 0 Å². The van der Waals surface area contributed by atoms with E-state index in [1.165, 1.54) is 38.5 Å². The van der Waals surface area contributed by atoms with Crippen molar-refractivity contribution in [1.29, 1.82) is 0 Å². The second kappa shape index (κ2) is 8.54. The molecular formula is C24H32N4O2. The van der Waals surface area contributed by atoms with E-state index in [0.717, 1.165) is 25.7 Å². The zero-order chi connectivity index (χ0) is 21.3. The predicted octanol–water partition coefficient (Wildman–Crippen LogP) is 4.21. The summed E-state index contributed by atoms with van der Waals surface area (Å²) in [5, 5.41) is 1.35. The van der Waals surface area contributed by atoms with Crippen molar-refractivity contribution in [2.24, 2.45) is 5.73 Å². The molecular weight excluding hydrogens is 376 g/mol. The SMILES string of the molecule is NC(=O)c1ccc2c(N)c(C(=O)N(C3CCCCC3)C3CCCCC3)ccc2c1N. The zero-order valence-electron chi connectivity index (χ0n) is 17.5. The summed E-state index contributed by atoms with van der Waals surface area (Å²) in [7, 11) is 0. The summed E-state index contributed by atoms with van der Waals surface area (Å²) in [6.07, 6.45) is 11.5. The summed E-state index contributed by atoms with van der Waals surface area (Å²) < 4.78 is 0. The van der Waals surface area contributed by atoms with Crippen molar-refractivity contribution in [3.8, 4) is 0 Å². The van der Waals surface area contributed by atoms with Crippen molar-refractivity contribution >= 4 is 34.0 Å². The van der Waals surface area contributed by atoms with E-state index in [0.29, 0.717) is 39.8 Å². The molecule has 6 heteroatoms. The standard InChI is InChI=1S/C24H32N4O2/c25-21-17-12-14-20(22(26)18(17)11-13-19(21)23(27)29)24(30)28(15-7-3-1-4-8-15)16-9-5-2-6-10-16/h11-16H,1-10,25-26H2,(H2,27,29). The topological polar surface area (TPSA) is 115 Å². The number of carbonyl (C=O) groups is 2. The molecule has 2 aromatic carbocycles. The molecule has 2 aliphatic carbocycles. The number of rotatable bonds is 4.